The number of benzene rings is 2. The second kappa shape index (κ2) is 8.84. The van der Waals surface area contributed by atoms with E-state index in [4.69, 9.17) is 5.73 Å². The number of likely N-dealkylation sites (tertiary alicyclic amines) is 1. The van der Waals surface area contributed by atoms with Crippen molar-refractivity contribution in [3.05, 3.63) is 70.1 Å². The summed E-state index contributed by atoms with van der Waals surface area (Å²) < 4.78 is 1.48. The number of carbonyl (C=O) groups excluding carboxylic acids is 1. The summed E-state index contributed by atoms with van der Waals surface area (Å²) in [6.07, 6.45) is 2.56. The Kier molecular flexibility index (Phi) is 5.96. The average Bonchev–Trinajstić information content (AvgIpc) is 2.79. The highest BCUT2D eigenvalue weighted by Gasteiger charge is 2.22. The molecule has 0 atom stereocenters. The van der Waals surface area contributed by atoms with Crippen LogP contribution in [0.25, 0.3) is 11.3 Å². The average molecular weight is 434 g/mol. The van der Waals surface area contributed by atoms with Crippen molar-refractivity contribution in [2.24, 2.45) is 7.05 Å². The van der Waals surface area contributed by atoms with E-state index in [0.717, 1.165) is 11.1 Å². The van der Waals surface area contributed by atoms with Crippen molar-refractivity contribution >= 4 is 23.1 Å². The number of piperidine rings is 1. The summed E-state index contributed by atoms with van der Waals surface area (Å²) in [7, 11) is 1.68. The van der Waals surface area contributed by atoms with Gasteiger partial charge in [0.2, 0.25) is 0 Å². The van der Waals surface area contributed by atoms with Gasteiger partial charge in [0.05, 0.1) is 11.8 Å². The fourth-order valence-electron chi connectivity index (χ4n) is 3.83. The van der Waals surface area contributed by atoms with Gasteiger partial charge in [-0.05, 0) is 55.7 Å². The Morgan fingerprint density at radius 2 is 1.84 bits per heavy atom. The van der Waals surface area contributed by atoms with Crippen LogP contribution in [0.1, 0.15) is 28.8 Å². The fraction of sp³-hybridized carbons (Fsp3) is 0.292. The number of rotatable bonds is 4. The molecule has 8 heteroatoms. The molecule has 0 unspecified atom stereocenters. The van der Waals surface area contributed by atoms with Gasteiger partial charge in [0.25, 0.3) is 11.5 Å². The van der Waals surface area contributed by atoms with Gasteiger partial charge in [0.1, 0.15) is 0 Å². The normalized spacial score (nSPS) is 14.4. The number of hydrogen-bond donors (Lipinski definition) is 3. The van der Waals surface area contributed by atoms with Crippen molar-refractivity contribution in [3.8, 4) is 11.3 Å². The number of carbonyl (C=O) groups is 1. The van der Waals surface area contributed by atoms with E-state index in [1.54, 1.807) is 42.4 Å². The molecular weight excluding hydrogens is 406 g/mol. The van der Waals surface area contributed by atoms with Gasteiger partial charge < -0.3 is 25.6 Å². The van der Waals surface area contributed by atoms with Gasteiger partial charge in [-0.2, -0.15) is 0 Å². The van der Waals surface area contributed by atoms with Gasteiger partial charge in [-0.25, -0.2) is 4.98 Å². The summed E-state index contributed by atoms with van der Waals surface area (Å²) in [5.41, 5.74) is 10.0. The molecule has 0 aliphatic carbocycles. The Bertz CT molecular complexity index is 1200. The van der Waals surface area contributed by atoms with E-state index in [1.807, 2.05) is 25.1 Å². The molecule has 4 rings (SSSR count). The quantitative estimate of drug-likeness (QED) is 0.545. The topological polar surface area (TPSA) is 113 Å². The van der Waals surface area contributed by atoms with Crippen molar-refractivity contribution in [1.82, 2.24) is 14.5 Å². The zero-order chi connectivity index (χ0) is 22.8. The number of nitrogens with zero attached hydrogens (tertiary/aromatic N) is 3. The summed E-state index contributed by atoms with van der Waals surface area (Å²) in [5.74, 6) is 0.132. The summed E-state index contributed by atoms with van der Waals surface area (Å²) in [4.78, 5) is 31.6. The first kappa shape index (κ1) is 21.6. The number of nitrogens with two attached hydrogens (primary N) is 1. The Morgan fingerprint density at radius 3 is 2.53 bits per heavy atom. The highest BCUT2D eigenvalue weighted by Crippen LogP contribution is 2.26. The largest absolute Gasteiger partial charge is 0.398 e. The molecule has 2 aromatic carbocycles. The number of aryl methyl sites for hydroxylation is 1. The predicted molar refractivity (Wildman–Crippen MR) is 125 cm³/mol. The highest BCUT2D eigenvalue weighted by molar-refractivity contribution is 5.94. The van der Waals surface area contributed by atoms with Crippen LogP contribution in [0.4, 0.5) is 17.2 Å². The molecule has 8 nitrogen and oxygen atoms in total. The van der Waals surface area contributed by atoms with Crippen molar-refractivity contribution in [2.45, 2.75) is 25.9 Å². The maximum atomic E-state index is 12.7. The summed E-state index contributed by atoms with van der Waals surface area (Å²) in [6, 6.07) is 12.6. The molecule has 3 aromatic rings. The van der Waals surface area contributed by atoms with Gasteiger partial charge in [-0.1, -0.05) is 12.1 Å². The molecule has 4 N–H and O–H groups in total. The zero-order valence-electron chi connectivity index (χ0n) is 18.2. The first-order valence-corrected chi connectivity index (χ1v) is 10.6. The van der Waals surface area contributed by atoms with E-state index in [9.17, 15) is 14.7 Å². The van der Waals surface area contributed by atoms with E-state index in [0.29, 0.717) is 48.6 Å². The molecule has 32 heavy (non-hydrogen) atoms. The third-order valence-corrected chi connectivity index (χ3v) is 5.87. The maximum absolute atomic E-state index is 12.7. The number of anilines is 3. The van der Waals surface area contributed by atoms with E-state index in [2.05, 4.69) is 10.3 Å². The van der Waals surface area contributed by atoms with Crippen LogP contribution in [0.3, 0.4) is 0 Å². The molecule has 1 fully saturated rings. The van der Waals surface area contributed by atoms with Gasteiger partial charge in [0, 0.05) is 48.8 Å². The van der Waals surface area contributed by atoms with Crippen LogP contribution in [0.2, 0.25) is 0 Å². The molecule has 0 spiro atoms. The van der Waals surface area contributed by atoms with Crippen molar-refractivity contribution in [1.29, 1.82) is 0 Å². The van der Waals surface area contributed by atoms with E-state index in [1.165, 1.54) is 4.57 Å². The van der Waals surface area contributed by atoms with E-state index < -0.39 is 0 Å². The lowest BCUT2D eigenvalue weighted by molar-refractivity contribution is 0.0546. The Morgan fingerprint density at radius 1 is 1.16 bits per heavy atom. The second-order valence-electron chi connectivity index (χ2n) is 8.14. The summed E-state index contributed by atoms with van der Waals surface area (Å²) >= 11 is 0. The van der Waals surface area contributed by atoms with Crippen LogP contribution in [0, 0.1) is 6.92 Å². The van der Waals surface area contributed by atoms with Gasteiger partial charge >= 0.3 is 0 Å². The molecule has 1 aliphatic rings. The van der Waals surface area contributed by atoms with E-state index in [-0.39, 0.29) is 23.4 Å². The molecule has 1 aromatic heterocycles. The molecule has 0 bridgehead atoms. The van der Waals surface area contributed by atoms with Crippen LogP contribution < -0.4 is 16.6 Å². The first-order valence-electron chi connectivity index (χ1n) is 10.6. The minimum atomic E-state index is -0.326. The van der Waals surface area contributed by atoms with Crippen LogP contribution in [-0.2, 0) is 7.05 Å². The third kappa shape index (κ3) is 4.36. The minimum absolute atomic E-state index is 0.0587. The fourth-order valence-corrected chi connectivity index (χ4v) is 3.83. The van der Waals surface area contributed by atoms with Gasteiger partial charge in [0.15, 0.2) is 5.82 Å². The number of amides is 1. The summed E-state index contributed by atoms with van der Waals surface area (Å²) in [6.45, 7) is 3.02. The molecular formula is C24H27N5O3. The van der Waals surface area contributed by atoms with Crippen molar-refractivity contribution in [2.75, 3.05) is 24.1 Å². The SMILES string of the molecule is Cc1c(N)cccc1-c1cn(C)c(=O)c(Nc2ccc(C(=O)N3CCC(O)CC3)cc2)n1. The summed E-state index contributed by atoms with van der Waals surface area (Å²) in [5, 5.41) is 12.7. The van der Waals surface area contributed by atoms with E-state index >= 15 is 0 Å². The molecule has 0 radical (unpaired) electrons. The third-order valence-electron chi connectivity index (χ3n) is 5.87. The number of hydrogen-bond acceptors (Lipinski definition) is 6. The number of nitrogens with one attached hydrogen (secondary N) is 1. The van der Waals surface area contributed by atoms with Crippen LogP contribution in [0.15, 0.2) is 53.5 Å². The molecule has 1 saturated heterocycles. The number of aromatic nitrogens is 2. The first-order chi connectivity index (χ1) is 15.3. The number of aliphatic hydroxyl groups excluding tert-OH is 1. The number of nitrogen functional groups attached to an aromatic ring is 1. The standard InChI is InChI=1S/C24H27N5O3/c1-15-19(4-3-5-20(15)25)21-14-28(2)24(32)22(27-21)26-17-8-6-16(7-9-17)23(31)29-12-10-18(30)11-13-29/h3-9,14,18,30H,10-13,25H2,1-2H3,(H,26,27). The lowest BCUT2D eigenvalue weighted by Gasteiger charge is -2.29. The van der Waals surface area contributed by atoms with Crippen molar-refractivity contribution in [3.63, 3.8) is 0 Å². The highest BCUT2D eigenvalue weighted by atomic mass is 16.3. The Labute approximate surface area is 186 Å². The monoisotopic (exact) mass is 433 g/mol. The minimum Gasteiger partial charge on any atom is -0.398 e. The molecule has 2 heterocycles. The number of aliphatic hydroxyl groups is 1. The van der Waals surface area contributed by atoms with Crippen LogP contribution >= 0.6 is 0 Å². The maximum Gasteiger partial charge on any atom is 0.293 e. The lowest BCUT2D eigenvalue weighted by atomic mass is 10.0. The van der Waals surface area contributed by atoms with Crippen molar-refractivity contribution < 1.29 is 9.90 Å². The Balaban J connectivity index is 1.56. The molecule has 1 aliphatic heterocycles. The smallest absolute Gasteiger partial charge is 0.293 e. The zero-order valence-corrected chi connectivity index (χ0v) is 18.2. The van der Waals surface area contributed by atoms with Crippen LogP contribution in [-0.4, -0.2) is 44.7 Å². The molecule has 0 saturated carbocycles. The molecule has 1 amide bonds. The second-order valence-corrected chi connectivity index (χ2v) is 8.14. The molecule has 166 valence electrons. The lowest BCUT2D eigenvalue weighted by Crippen LogP contribution is -2.40. The predicted octanol–water partition coefficient (Wildman–Crippen LogP) is 2.68. The Hall–Kier alpha value is -3.65. The van der Waals surface area contributed by atoms with Crippen LogP contribution in [0.5, 0.6) is 0 Å². The van der Waals surface area contributed by atoms with Gasteiger partial charge in [-0.15, -0.1) is 0 Å². The van der Waals surface area contributed by atoms with Gasteiger partial charge in [-0.3, -0.25) is 9.59 Å².